The smallest absolute Gasteiger partial charge is 0.0421 e. The van der Waals surface area contributed by atoms with Crippen LogP contribution in [0.4, 0.5) is 0 Å². The summed E-state index contributed by atoms with van der Waals surface area (Å²) in [6, 6.07) is 8.83. The van der Waals surface area contributed by atoms with Gasteiger partial charge >= 0.3 is 0 Å². The van der Waals surface area contributed by atoms with Crippen molar-refractivity contribution in [3.63, 3.8) is 0 Å². The van der Waals surface area contributed by atoms with E-state index < -0.39 is 0 Å². The fourth-order valence-corrected chi connectivity index (χ4v) is 3.61. The van der Waals surface area contributed by atoms with Crippen LogP contribution in [0.5, 0.6) is 0 Å². The molecule has 0 aromatic heterocycles. The molecule has 0 aliphatic heterocycles. The van der Waals surface area contributed by atoms with Gasteiger partial charge in [0.05, 0.1) is 0 Å². The van der Waals surface area contributed by atoms with Gasteiger partial charge in [0.1, 0.15) is 0 Å². The Bertz CT molecular complexity index is 362. The van der Waals surface area contributed by atoms with Crippen molar-refractivity contribution in [1.29, 1.82) is 0 Å². The van der Waals surface area contributed by atoms with E-state index in [1.54, 1.807) is 0 Å². The van der Waals surface area contributed by atoms with Crippen molar-refractivity contribution >= 4 is 11.8 Å². The topological polar surface area (TPSA) is 26.0 Å². The van der Waals surface area contributed by atoms with Crippen LogP contribution in [-0.2, 0) is 6.42 Å². The first-order valence-electron chi connectivity index (χ1n) is 6.08. The zero-order valence-electron chi connectivity index (χ0n) is 10.3. The third-order valence-electron chi connectivity index (χ3n) is 3.56. The molecule has 2 N–H and O–H groups in total. The van der Waals surface area contributed by atoms with E-state index in [-0.39, 0.29) is 6.04 Å². The number of hydrogen-bond acceptors (Lipinski definition) is 2. The molecule has 2 heteroatoms. The van der Waals surface area contributed by atoms with E-state index >= 15 is 0 Å². The van der Waals surface area contributed by atoms with Gasteiger partial charge in [-0.25, -0.2) is 0 Å². The Balaban J connectivity index is 2.07. The Labute approximate surface area is 103 Å². The molecule has 3 unspecified atom stereocenters. The van der Waals surface area contributed by atoms with Gasteiger partial charge in [0.25, 0.3) is 0 Å². The van der Waals surface area contributed by atoms with Gasteiger partial charge in [0.15, 0.2) is 0 Å². The zero-order chi connectivity index (χ0) is 11.7. The summed E-state index contributed by atoms with van der Waals surface area (Å²) in [4.78, 5) is 0. The Kier molecular flexibility index (Phi) is 3.60. The molecule has 0 saturated heterocycles. The molecule has 0 heterocycles. The quantitative estimate of drug-likeness (QED) is 0.869. The fourth-order valence-electron chi connectivity index (χ4n) is 2.15. The molecule has 1 aliphatic rings. The highest BCUT2D eigenvalue weighted by Crippen LogP contribution is 2.39. The summed E-state index contributed by atoms with van der Waals surface area (Å²) in [5.41, 5.74) is 9.12. The van der Waals surface area contributed by atoms with E-state index in [9.17, 15) is 0 Å². The molecular formula is C14H21NS. The lowest BCUT2D eigenvalue weighted by Crippen LogP contribution is -2.22. The van der Waals surface area contributed by atoms with E-state index in [0.717, 1.165) is 12.3 Å². The molecule has 2 rings (SSSR count). The Morgan fingerprint density at radius 1 is 1.25 bits per heavy atom. The molecule has 3 atom stereocenters. The van der Waals surface area contributed by atoms with E-state index in [2.05, 4.69) is 56.8 Å². The number of hydrogen-bond donors (Lipinski definition) is 1. The molecule has 1 aromatic rings. The third kappa shape index (κ3) is 2.28. The van der Waals surface area contributed by atoms with E-state index in [1.807, 2.05) is 0 Å². The van der Waals surface area contributed by atoms with Crippen molar-refractivity contribution in [3.05, 3.63) is 35.4 Å². The summed E-state index contributed by atoms with van der Waals surface area (Å²) in [7, 11) is 0. The lowest BCUT2D eigenvalue weighted by Gasteiger charge is -2.22. The molecule has 0 amide bonds. The Morgan fingerprint density at radius 3 is 2.56 bits per heavy atom. The number of thioether (sulfide) groups is 1. The Hall–Kier alpha value is -0.470. The van der Waals surface area contributed by atoms with Crippen LogP contribution in [0.15, 0.2) is 24.3 Å². The summed E-state index contributed by atoms with van der Waals surface area (Å²) in [6.45, 7) is 6.88. The summed E-state index contributed by atoms with van der Waals surface area (Å²) >= 11 is 2.05. The fraction of sp³-hybridized carbons (Fsp3) is 0.571. The first-order valence-corrected chi connectivity index (χ1v) is 7.02. The van der Waals surface area contributed by atoms with Gasteiger partial charge in [0, 0.05) is 16.5 Å². The minimum absolute atomic E-state index is 0.224. The minimum atomic E-state index is 0.224. The maximum Gasteiger partial charge on any atom is 0.0421 e. The summed E-state index contributed by atoms with van der Waals surface area (Å²) in [6.07, 6.45) is 1.14. The van der Waals surface area contributed by atoms with Gasteiger partial charge in [-0.15, -0.1) is 0 Å². The monoisotopic (exact) mass is 235 g/mol. The van der Waals surface area contributed by atoms with Crippen LogP contribution >= 0.6 is 11.8 Å². The van der Waals surface area contributed by atoms with Crippen LogP contribution in [-0.4, -0.2) is 10.5 Å². The van der Waals surface area contributed by atoms with Crippen LogP contribution in [0.25, 0.3) is 0 Å². The second-order valence-electron chi connectivity index (χ2n) is 5.05. The minimum Gasteiger partial charge on any atom is -0.323 e. The van der Waals surface area contributed by atoms with Gasteiger partial charge in [-0.05, 0) is 23.5 Å². The van der Waals surface area contributed by atoms with Crippen molar-refractivity contribution in [1.82, 2.24) is 0 Å². The maximum atomic E-state index is 6.32. The molecule has 1 aromatic carbocycles. The molecule has 1 nitrogen and oxygen atoms in total. The molecule has 0 bridgehead atoms. The van der Waals surface area contributed by atoms with Gasteiger partial charge in [-0.1, -0.05) is 45.0 Å². The van der Waals surface area contributed by atoms with Gasteiger partial charge in [-0.3, -0.25) is 0 Å². The number of benzene rings is 1. The second kappa shape index (κ2) is 4.80. The van der Waals surface area contributed by atoms with E-state index in [0.29, 0.717) is 10.5 Å². The van der Waals surface area contributed by atoms with Crippen LogP contribution in [0.1, 0.15) is 37.9 Å². The van der Waals surface area contributed by atoms with Gasteiger partial charge < -0.3 is 5.73 Å². The predicted octanol–water partition coefficient (Wildman–Crippen LogP) is 3.39. The number of rotatable bonds is 3. The highest BCUT2D eigenvalue weighted by atomic mass is 32.2. The standard InChI is InChI=1S/C14H21NS/c1-9(2)10(3)16-13-8-11-6-4-5-7-12(11)14(13)15/h4-7,9-10,13-14H,8,15H2,1-3H3. The van der Waals surface area contributed by atoms with Crippen LogP contribution < -0.4 is 5.73 Å². The third-order valence-corrected chi connectivity index (χ3v) is 5.35. The number of nitrogens with two attached hydrogens (primary N) is 1. The molecule has 88 valence electrons. The summed E-state index contributed by atoms with van der Waals surface area (Å²) in [5.74, 6) is 0.723. The second-order valence-corrected chi connectivity index (χ2v) is 6.67. The normalized spacial score (nSPS) is 25.8. The Morgan fingerprint density at radius 2 is 1.94 bits per heavy atom. The average molecular weight is 235 g/mol. The van der Waals surface area contributed by atoms with Crippen molar-refractivity contribution in [3.8, 4) is 0 Å². The predicted molar refractivity (Wildman–Crippen MR) is 72.8 cm³/mol. The lowest BCUT2D eigenvalue weighted by atomic mass is 10.1. The molecular weight excluding hydrogens is 214 g/mol. The largest absolute Gasteiger partial charge is 0.323 e. The molecule has 0 saturated carbocycles. The molecule has 0 fully saturated rings. The zero-order valence-corrected chi connectivity index (χ0v) is 11.1. The average Bonchev–Trinajstić information content (AvgIpc) is 2.56. The molecule has 16 heavy (non-hydrogen) atoms. The summed E-state index contributed by atoms with van der Waals surface area (Å²) < 4.78 is 0. The van der Waals surface area contributed by atoms with Gasteiger partial charge in [-0.2, -0.15) is 11.8 Å². The van der Waals surface area contributed by atoms with Crippen molar-refractivity contribution in [2.45, 2.75) is 43.7 Å². The lowest BCUT2D eigenvalue weighted by molar-refractivity contribution is 0.632. The number of fused-ring (bicyclic) bond motifs is 1. The van der Waals surface area contributed by atoms with Crippen LogP contribution in [0, 0.1) is 5.92 Å². The van der Waals surface area contributed by atoms with Crippen LogP contribution in [0.3, 0.4) is 0 Å². The summed E-state index contributed by atoms with van der Waals surface area (Å²) in [5, 5.41) is 1.25. The van der Waals surface area contributed by atoms with Gasteiger partial charge in [0.2, 0.25) is 0 Å². The van der Waals surface area contributed by atoms with E-state index in [1.165, 1.54) is 11.1 Å². The van der Waals surface area contributed by atoms with Crippen molar-refractivity contribution < 1.29 is 0 Å². The maximum absolute atomic E-state index is 6.32. The molecule has 0 radical (unpaired) electrons. The van der Waals surface area contributed by atoms with Crippen molar-refractivity contribution in [2.75, 3.05) is 0 Å². The highest BCUT2D eigenvalue weighted by molar-refractivity contribution is 8.00. The molecule has 1 aliphatic carbocycles. The SMILES string of the molecule is CC(C)C(C)SC1Cc2ccccc2C1N. The highest BCUT2D eigenvalue weighted by Gasteiger charge is 2.31. The van der Waals surface area contributed by atoms with E-state index in [4.69, 9.17) is 5.73 Å². The molecule has 0 spiro atoms. The van der Waals surface area contributed by atoms with Crippen LogP contribution in [0.2, 0.25) is 0 Å². The van der Waals surface area contributed by atoms with Crippen molar-refractivity contribution in [2.24, 2.45) is 11.7 Å². The first kappa shape index (κ1) is 12.0. The first-order chi connectivity index (χ1) is 7.59.